The maximum Gasteiger partial charge on any atom is 0.332 e. The molecule has 1 atom stereocenters. The van der Waals surface area contributed by atoms with Gasteiger partial charge in [0.2, 0.25) is 5.91 Å². The van der Waals surface area contributed by atoms with Crippen molar-refractivity contribution in [2.45, 2.75) is 38.6 Å². The number of nitrogens with one attached hydrogen (secondary N) is 1. The van der Waals surface area contributed by atoms with Gasteiger partial charge in [-0.05, 0) is 32.9 Å². The topological polar surface area (TPSA) is 84.7 Å². The molecule has 6 heteroatoms. The number of esters is 1. The molecule has 3 N–H and O–H groups in total. The molecule has 1 aliphatic heterocycles. The van der Waals surface area contributed by atoms with Crippen LogP contribution in [0.3, 0.4) is 0 Å². The van der Waals surface area contributed by atoms with E-state index < -0.39 is 17.9 Å². The summed E-state index contributed by atoms with van der Waals surface area (Å²) in [6.45, 7) is 5.41. The van der Waals surface area contributed by atoms with Gasteiger partial charge in [-0.1, -0.05) is 12.8 Å². The molecule has 0 radical (unpaired) electrons. The lowest BCUT2D eigenvalue weighted by Crippen LogP contribution is -2.48. The molecule has 1 fully saturated rings. The van der Waals surface area contributed by atoms with Crippen molar-refractivity contribution in [2.24, 2.45) is 5.73 Å². The van der Waals surface area contributed by atoms with Crippen molar-refractivity contribution in [3.8, 4) is 0 Å². The van der Waals surface area contributed by atoms with Crippen molar-refractivity contribution in [3.63, 3.8) is 0 Å². The summed E-state index contributed by atoms with van der Waals surface area (Å²) in [7, 11) is 0. The molecule has 0 spiro atoms. The molecule has 19 heavy (non-hydrogen) atoms. The van der Waals surface area contributed by atoms with Crippen LogP contribution in [-0.4, -0.2) is 55.6 Å². The molecule has 1 amide bonds. The van der Waals surface area contributed by atoms with Gasteiger partial charge in [0.25, 0.3) is 0 Å². The van der Waals surface area contributed by atoms with Crippen LogP contribution < -0.4 is 11.1 Å². The van der Waals surface area contributed by atoms with Crippen LogP contribution >= 0.6 is 0 Å². The predicted octanol–water partition coefficient (Wildman–Crippen LogP) is -0.131. The number of nitrogens with zero attached hydrogens (tertiary/aromatic N) is 1. The maximum absolute atomic E-state index is 11.6. The molecule has 0 bridgehead atoms. The first-order valence-electron chi connectivity index (χ1n) is 7.07. The minimum atomic E-state index is -1.22. The molecule has 110 valence electrons. The Morgan fingerprint density at radius 3 is 2.47 bits per heavy atom. The van der Waals surface area contributed by atoms with Gasteiger partial charge in [-0.3, -0.25) is 4.79 Å². The van der Waals surface area contributed by atoms with Gasteiger partial charge in [0.1, 0.15) is 0 Å². The molecule has 1 saturated heterocycles. The van der Waals surface area contributed by atoms with E-state index >= 15 is 0 Å². The van der Waals surface area contributed by atoms with Crippen molar-refractivity contribution in [2.75, 3.05) is 32.8 Å². The zero-order valence-corrected chi connectivity index (χ0v) is 11.7. The molecule has 0 saturated carbocycles. The fraction of sp³-hybridized carbons (Fsp3) is 0.846. The SMILES string of the molecule is CCOC(=O)C(N)C(=O)NCCN1CCCCCC1. The van der Waals surface area contributed by atoms with Crippen LogP contribution in [0.2, 0.25) is 0 Å². The van der Waals surface area contributed by atoms with E-state index in [1.54, 1.807) is 6.92 Å². The molecule has 0 aromatic carbocycles. The van der Waals surface area contributed by atoms with Gasteiger partial charge in [-0.25, -0.2) is 4.79 Å². The highest BCUT2D eigenvalue weighted by molar-refractivity contribution is 6.01. The zero-order chi connectivity index (χ0) is 14.1. The minimum absolute atomic E-state index is 0.230. The van der Waals surface area contributed by atoms with E-state index in [0.717, 1.165) is 19.6 Å². The van der Waals surface area contributed by atoms with E-state index in [-0.39, 0.29) is 6.61 Å². The van der Waals surface area contributed by atoms with Gasteiger partial charge in [0.05, 0.1) is 6.61 Å². The second kappa shape index (κ2) is 8.87. The molecule has 1 aliphatic rings. The number of rotatable bonds is 6. The first-order chi connectivity index (χ1) is 9.15. The summed E-state index contributed by atoms with van der Waals surface area (Å²) in [6.07, 6.45) is 5.01. The van der Waals surface area contributed by atoms with Crippen LogP contribution in [0.1, 0.15) is 32.6 Å². The van der Waals surface area contributed by atoms with Crippen LogP contribution in [0, 0.1) is 0 Å². The van der Waals surface area contributed by atoms with Crippen molar-refractivity contribution >= 4 is 11.9 Å². The molecule has 1 heterocycles. The summed E-state index contributed by atoms with van der Waals surface area (Å²) in [4.78, 5) is 25.2. The number of amides is 1. The number of nitrogens with two attached hydrogens (primary N) is 1. The molecule has 0 aromatic rings. The summed E-state index contributed by atoms with van der Waals surface area (Å²) in [5, 5.41) is 2.68. The molecular formula is C13H25N3O3. The van der Waals surface area contributed by atoms with Gasteiger partial charge < -0.3 is 20.7 Å². The number of likely N-dealkylation sites (tertiary alicyclic amines) is 1. The number of hydrogen-bond donors (Lipinski definition) is 2. The van der Waals surface area contributed by atoms with Crippen molar-refractivity contribution in [3.05, 3.63) is 0 Å². The second-order valence-corrected chi connectivity index (χ2v) is 4.78. The Kier molecular flexibility index (Phi) is 7.43. The Morgan fingerprint density at radius 2 is 1.89 bits per heavy atom. The lowest BCUT2D eigenvalue weighted by Gasteiger charge is -2.20. The van der Waals surface area contributed by atoms with Crippen molar-refractivity contribution in [1.29, 1.82) is 0 Å². The van der Waals surface area contributed by atoms with Crippen LogP contribution in [0.15, 0.2) is 0 Å². The Morgan fingerprint density at radius 1 is 1.26 bits per heavy atom. The van der Waals surface area contributed by atoms with E-state index in [1.165, 1.54) is 25.7 Å². The van der Waals surface area contributed by atoms with Gasteiger partial charge >= 0.3 is 5.97 Å². The van der Waals surface area contributed by atoms with E-state index in [0.29, 0.717) is 6.54 Å². The van der Waals surface area contributed by atoms with Gasteiger partial charge in [-0.15, -0.1) is 0 Å². The van der Waals surface area contributed by atoms with Crippen molar-refractivity contribution in [1.82, 2.24) is 10.2 Å². The third kappa shape index (κ3) is 6.02. The highest BCUT2D eigenvalue weighted by Crippen LogP contribution is 2.08. The minimum Gasteiger partial charge on any atom is -0.464 e. The average Bonchev–Trinajstić information content (AvgIpc) is 2.66. The van der Waals surface area contributed by atoms with E-state index in [1.807, 2.05) is 0 Å². The summed E-state index contributed by atoms with van der Waals surface area (Å²) >= 11 is 0. The Balaban J connectivity index is 2.20. The number of carbonyl (C=O) groups excluding carboxylic acids is 2. The average molecular weight is 271 g/mol. The van der Waals surface area contributed by atoms with E-state index in [2.05, 4.69) is 10.2 Å². The van der Waals surface area contributed by atoms with Gasteiger partial charge in [0, 0.05) is 13.1 Å². The number of hydrogen-bond acceptors (Lipinski definition) is 5. The first kappa shape index (κ1) is 15.9. The smallest absolute Gasteiger partial charge is 0.332 e. The number of ether oxygens (including phenoxy) is 1. The summed E-state index contributed by atoms with van der Waals surface area (Å²) < 4.78 is 4.70. The van der Waals surface area contributed by atoms with Gasteiger partial charge in [-0.2, -0.15) is 0 Å². The highest BCUT2D eigenvalue weighted by Gasteiger charge is 2.22. The first-order valence-corrected chi connectivity index (χ1v) is 7.07. The molecule has 0 aromatic heterocycles. The largest absolute Gasteiger partial charge is 0.464 e. The van der Waals surface area contributed by atoms with Gasteiger partial charge in [0.15, 0.2) is 6.04 Å². The Labute approximate surface area is 114 Å². The number of carbonyl (C=O) groups is 2. The maximum atomic E-state index is 11.6. The van der Waals surface area contributed by atoms with Crippen LogP contribution in [0.4, 0.5) is 0 Å². The normalized spacial score (nSPS) is 18.4. The van der Waals surface area contributed by atoms with E-state index in [4.69, 9.17) is 10.5 Å². The Bertz CT molecular complexity index is 289. The third-order valence-corrected chi connectivity index (χ3v) is 3.25. The summed E-state index contributed by atoms with van der Waals surface area (Å²) in [5.74, 6) is -1.14. The fourth-order valence-electron chi connectivity index (χ4n) is 2.15. The van der Waals surface area contributed by atoms with Crippen LogP contribution in [0.5, 0.6) is 0 Å². The highest BCUT2D eigenvalue weighted by atomic mass is 16.5. The molecule has 1 rings (SSSR count). The van der Waals surface area contributed by atoms with Crippen LogP contribution in [-0.2, 0) is 14.3 Å². The quantitative estimate of drug-likeness (QED) is 0.519. The van der Waals surface area contributed by atoms with E-state index in [9.17, 15) is 9.59 Å². The standard InChI is InChI=1S/C13H25N3O3/c1-2-19-13(18)11(14)12(17)15-7-10-16-8-5-3-4-6-9-16/h11H,2-10,14H2,1H3,(H,15,17). The molecular weight excluding hydrogens is 246 g/mol. The predicted molar refractivity (Wildman–Crippen MR) is 72.5 cm³/mol. The fourth-order valence-corrected chi connectivity index (χ4v) is 2.15. The molecule has 1 unspecified atom stereocenters. The monoisotopic (exact) mass is 271 g/mol. The molecule has 0 aliphatic carbocycles. The lowest BCUT2D eigenvalue weighted by molar-refractivity contribution is -0.147. The summed E-state index contributed by atoms with van der Waals surface area (Å²) in [6, 6.07) is -1.22. The zero-order valence-electron chi connectivity index (χ0n) is 11.7. The Hall–Kier alpha value is -1.14. The van der Waals surface area contributed by atoms with Crippen LogP contribution in [0.25, 0.3) is 0 Å². The molecule has 6 nitrogen and oxygen atoms in total. The third-order valence-electron chi connectivity index (χ3n) is 3.25. The lowest BCUT2D eigenvalue weighted by atomic mass is 10.2. The second-order valence-electron chi connectivity index (χ2n) is 4.78. The van der Waals surface area contributed by atoms with Crippen molar-refractivity contribution < 1.29 is 14.3 Å². The summed E-state index contributed by atoms with van der Waals surface area (Å²) in [5.41, 5.74) is 5.49.